The SMILES string of the molecule is [CH2]CCCC/C=C/CCCCC(CC)CCCCC[CH2]. The highest BCUT2D eigenvalue weighted by Crippen LogP contribution is 2.20. The Hall–Kier alpha value is -0.260. The van der Waals surface area contributed by atoms with Crippen LogP contribution in [0.5, 0.6) is 0 Å². The standard InChI is InChI=1S/C20H38/c1-4-7-9-11-12-13-14-15-17-19-20(6-3)18-16-10-8-5-2/h12-13,20H,1-2,4-11,14-19H2,3H3/b13-12+. The predicted molar refractivity (Wildman–Crippen MR) is 93.7 cm³/mol. The van der Waals surface area contributed by atoms with Gasteiger partial charge in [0.05, 0.1) is 0 Å². The predicted octanol–water partition coefficient (Wildman–Crippen LogP) is 7.31. The van der Waals surface area contributed by atoms with Crippen LogP contribution in [-0.4, -0.2) is 0 Å². The number of hydrogen-bond donors (Lipinski definition) is 0. The molecule has 0 heteroatoms. The molecule has 0 aliphatic heterocycles. The van der Waals surface area contributed by atoms with Crippen LogP contribution in [-0.2, 0) is 0 Å². The molecular formula is C20H38. The zero-order valence-electron chi connectivity index (χ0n) is 14.0. The molecule has 0 saturated heterocycles. The van der Waals surface area contributed by atoms with Crippen LogP contribution in [0.2, 0.25) is 0 Å². The molecule has 0 aromatic rings. The molecule has 0 nitrogen and oxygen atoms in total. The van der Waals surface area contributed by atoms with Crippen LogP contribution in [0.3, 0.4) is 0 Å². The monoisotopic (exact) mass is 278 g/mol. The Morgan fingerprint density at radius 1 is 0.700 bits per heavy atom. The fourth-order valence-corrected chi connectivity index (χ4v) is 2.71. The second kappa shape index (κ2) is 16.8. The summed E-state index contributed by atoms with van der Waals surface area (Å²) in [6, 6.07) is 0. The molecule has 0 spiro atoms. The highest BCUT2D eigenvalue weighted by atomic mass is 14.1. The van der Waals surface area contributed by atoms with Crippen molar-refractivity contribution in [3.05, 3.63) is 26.0 Å². The van der Waals surface area contributed by atoms with Crippen LogP contribution in [0.4, 0.5) is 0 Å². The van der Waals surface area contributed by atoms with Gasteiger partial charge in [0.2, 0.25) is 0 Å². The third kappa shape index (κ3) is 14.2. The van der Waals surface area contributed by atoms with Crippen LogP contribution < -0.4 is 0 Å². The molecule has 0 aliphatic carbocycles. The maximum absolute atomic E-state index is 3.91. The van der Waals surface area contributed by atoms with Gasteiger partial charge in [-0.25, -0.2) is 0 Å². The fraction of sp³-hybridized carbons (Fsp3) is 0.800. The molecule has 0 rings (SSSR count). The zero-order valence-corrected chi connectivity index (χ0v) is 14.0. The average Bonchev–Trinajstić information content (AvgIpc) is 2.47. The van der Waals surface area contributed by atoms with E-state index in [1.165, 1.54) is 77.0 Å². The van der Waals surface area contributed by atoms with Gasteiger partial charge in [-0.2, -0.15) is 0 Å². The quantitative estimate of drug-likeness (QED) is 0.217. The van der Waals surface area contributed by atoms with Gasteiger partial charge in [-0.05, 0) is 31.6 Å². The fourth-order valence-electron chi connectivity index (χ4n) is 2.71. The van der Waals surface area contributed by atoms with Crippen molar-refractivity contribution in [3.63, 3.8) is 0 Å². The van der Waals surface area contributed by atoms with E-state index in [9.17, 15) is 0 Å². The Labute approximate surface area is 129 Å². The topological polar surface area (TPSA) is 0 Å². The van der Waals surface area contributed by atoms with E-state index in [-0.39, 0.29) is 0 Å². The first-order chi connectivity index (χ1) is 9.85. The lowest BCUT2D eigenvalue weighted by Crippen LogP contribution is -1.99. The van der Waals surface area contributed by atoms with Crippen molar-refractivity contribution in [3.8, 4) is 0 Å². The zero-order chi connectivity index (χ0) is 14.9. The Morgan fingerprint density at radius 2 is 1.20 bits per heavy atom. The molecule has 0 aromatic heterocycles. The summed E-state index contributed by atoms with van der Waals surface area (Å²) in [6.45, 7) is 10.1. The summed E-state index contributed by atoms with van der Waals surface area (Å²) in [5.74, 6) is 0.973. The summed E-state index contributed by atoms with van der Waals surface area (Å²) < 4.78 is 0. The van der Waals surface area contributed by atoms with Crippen molar-refractivity contribution >= 4 is 0 Å². The van der Waals surface area contributed by atoms with Gasteiger partial charge in [0, 0.05) is 0 Å². The Bertz CT molecular complexity index is 192. The lowest BCUT2D eigenvalue weighted by molar-refractivity contribution is 0.399. The van der Waals surface area contributed by atoms with E-state index >= 15 is 0 Å². The first-order valence-electron chi connectivity index (χ1n) is 9.08. The maximum Gasteiger partial charge on any atom is -0.0351 e. The van der Waals surface area contributed by atoms with Gasteiger partial charge in [-0.1, -0.05) is 97.1 Å². The molecule has 20 heavy (non-hydrogen) atoms. The second-order valence-corrected chi connectivity index (χ2v) is 6.08. The third-order valence-corrected chi connectivity index (χ3v) is 4.21. The van der Waals surface area contributed by atoms with E-state index < -0.39 is 0 Å². The Morgan fingerprint density at radius 3 is 1.75 bits per heavy atom. The molecule has 2 radical (unpaired) electrons. The van der Waals surface area contributed by atoms with E-state index in [1.807, 2.05) is 0 Å². The maximum atomic E-state index is 3.91. The van der Waals surface area contributed by atoms with Gasteiger partial charge in [0.1, 0.15) is 0 Å². The first kappa shape index (κ1) is 19.7. The highest BCUT2D eigenvalue weighted by Gasteiger charge is 2.05. The lowest BCUT2D eigenvalue weighted by atomic mass is 9.92. The highest BCUT2D eigenvalue weighted by molar-refractivity contribution is 4.81. The van der Waals surface area contributed by atoms with Crippen LogP contribution in [0.25, 0.3) is 0 Å². The van der Waals surface area contributed by atoms with Crippen LogP contribution in [0, 0.1) is 19.8 Å². The molecule has 0 aliphatic rings. The minimum absolute atomic E-state index is 0.973. The van der Waals surface area contributed by atoms with E-state index in [0.717, 1.165) is 18.8 Å². The van der Waals surface area contributed by atoms with Crippen molar-refractivity contribution in [1.29, 1.82) is 0 Å². The molecule has 0 bridgehead atoms. The van der Waals surface area contributed by atoms with Gasteiger partial charge >= 0.3 is 0 Å². The van der Waals surface area contributed by atoms with E-state index in [4.69, 9.17) is 0 Å². The van der Waals surface area contributed by atoms with Crippen molar-refractivity contribution < 1.29 is 0 Å². The average molecular weight is 279 g/mol. The molecule has 0 N–H and O–H groups in total. The Kier molecular flexibility index (Phi) is 16.6. The summed E-state index contributed by atoms with van der Waals surface area (Å²) >= 11 is 0. The summed E-state index contributed by atoms with van der Waals surface area (Å²) in [5, 5.41) is 0. The summed E-state index contributed by atoms with van der Waals surface area (Å²) in [6.07, 6.45) is 23.2. The smallest absolute Gasteiger partial charge is 0.0351 e. The Balaban J connectivity index is 3.36. The number of hydrogen-bond acceptors (Lipinski definition) is 0. The van der Waals surface area contributed by atoms with Crippen LogP contribution >= 0.6 is 0 Å². The van der Waals surface area contributed by atoms with Crippen molar-refractivity contribution in [2.75, 3.05) is 0 Å². The molecule has 0 saturated carbocycles. The van der Waals surface area contributed by atoms with Gasteiger partial charge in [0.25, 0.3) is 0 Å². The first-order valence-corrected chi connectivity index (χ1v) is 9.08. The van der Waals surface area contributed by atoms with E-state index in [2.05, 4.69) is 32.9 Å². The molecule has 118 valence electrons. The number of rotatable bonds is 15. The molecule has 1 unspecified atom stereocenters. The lowest BCUT2D eigenvalue weighted by Gasteiger charge is -2.14. The minimum Gasteiger partial charge on any atom is -0.0885 e. The molecule has 0 aromatic carbocycles. The summed E-state index contributed by atoms with van der Waals surface area (Å²) in [7, 11) is 0. The minimum atomic E-state index is 0.973. The van der Waals surface area contributed by atoms with Crippen molar-refractivity contribution in [2.45, 2.75) is 96.8 Å². The molecule has 0 fully saturated rings. The van der Waals surface area contributed by atoms with E-state index in [0.29, 0.717) is 0 Å². The van der Waals surface area contributed by atoms with Gasteiger partial charge in [0.15, 0.2) is 0 Å². The van der Waals surface area contributed by atoms with Crippen molar-refractivity contribution in [2.24, 2.45) is 5.92 Å². The summed E-state index contributed by atoms with van der Waals surface area (Å²) in [5.41, 5.74) is 0. The molecular weight excluding hydrogens is 240 g/mol. The normalized spacial score (nSPS) is 13.2. The van der Waals surface area contributed by atoms with Gasteiger partial charge in [-0.3, -0.25) is 0 Å². The third-order valence-electron chi connectivity index (χ3n) is 4.21. The molecule has 1 atom stereocenters. The van der Waals surface area contributed by atoms with Gasteiger partial charge in [-0.15, -0.1) is 0 Å². The van der Waals surface area contributed by atoms with Gasteiger partial charge < -0.3 is 0 Å². The summed E-state index contributed by atoms with van der Waals surface area (Å²) in [4.78, 5) is 0. The number of allylic oxidation sites excluding steroid dienone is 2. The molecule has 0 amide bonds. The van der Waals surface area contributed by atoms with E-state index in [1.54, 1.807) is 0 Å². The largest absolute Gasteiger partial charge is 0.0885 e. The molecule has 0 heterocycles. The number of unbranched alkanes of at least 4 members (excludes halogenated alkanes) is 8. The van der Waals surface area contributed by atoms with Crippen LogP contribution in [0.15, 0.2) is 12.2 Å². The van der Waals surface area contributed by atoms with Crippen LogP contribution in [0.1, 0.15) is 96.8 Å². The van der Waals surface area contributed by atoms with Crippen molar-refractivity contribution in [1.82, 2.24) is 0 Å². The second-order valence-electron chi connectivity index (χ2n) is 6.08.